The highest BCUT2D eigenvalue weighted by Crippen LogP contribution is 2.33. The van der Waals surface area contributed by atoms with Crippen LogP contribution in [-0.2, 0) is 4.79 Å². The maximum Gasteiger partial charge on any atom is 0.228 e. The molecule has 1 aromatic rings. The van der Waals surface area contributed by atoms with Crippen molar-refractivity contribution in [2.75, 3.05) is 5.32 Å². The van der Waals surface area contributed by atoms with Gasteiger partial charge in [0.05, 0.1) is 10.7 Å². The number of carbonyl (C=O) groups excluding carboxylic acids is 1. The summed E-state index contributed by atoms with van der Waals surface area (Å²) in [6.45, 7) is 2.24. The minimum atomic E-state index is -1.74. The largest absolute Gasteiger partial charge is 0.361 e. The Morgan fingerprint density at radius 1 is 0.900 bits per heavy atom. The number of anilines is 1. The molecule has 1 atom stereocenters. The van der Waals surface area contributed by atoms with Gasteiger partial charge in [-0.25, -0.2) is 0 Å². The average molecular weight is 519 g/mol. The number of unbranched alkanes of at least 4 members (excludes halogenated alkanes) is 10. The molecule has 2 N–H and O–H groups in total. The maximum atomic E-state index is 12.3. The van der Waals surface area contributed by atoms with E-state index in [1.54, 1.807) is 18.2 Å². The van der Waals surface area contributed by atoms with Crippen LogP contribution in [0.1, 0.15) is 84.0 Å². The summed E-state index contributed by atoms with van der Waals surface area (Å²) in [5.74, 6) is -0.167. The Hall–Kier alpha value is -0.0600. The first kappa shape index (κ1) is 28.0. The van der Waals surface area contributed by atoms with Crippen LogP contribution in [0.25, 0.3) is 0 Å². The molecular weight excluding hydrogens is 486 g/mol. The number of hydrogen-bond donors (Lipinski definition) is 2. The Labute approximate surface area is 206 Å². The van der Waals surface area contributed by atoms with Crippen molar-refractivity contribution in [1.29, 1.82) is 0 Å². The smallest absolute Gasteiger partial charge is 0.228 e. The van der Waals surface area contributed by atoms with Gasteiger partial charge in [-0.1, -0.05) is 129 Å². The standard InChI is InChI=1S/C22H33Cl5N2O/c1-2-3-4-5-6-7-8-9-10-11-12-13-20(30)29-21(22(25,26)27)28-19-15-14-17(23)16-18(19)24/h14-16,21,28H,2-13H2,1H3,(H,29,30)/t21-/m1/s1. The molecule has 1 rings (SSSR count). The van der Waals surface area contributed by atoms with E-state index in [9.17, 15) is 4.79 Å². The van der Waals surface area contributed by atoms with Crippen LogP contribution in [0.15, 0.2) is 18.2 Å². The van der Waals surface area contributed by atoms with Gasteiger partial charge in [-0.2, -0.15) is 0 Å². The van der Waals surface area contributed by atoms with Crippen molar-refractivity contribution in [1.82, 2.24) is 5.32 Å². The molecular formula is C22H33Cl5N2O. The molecule has 0 bridgehead atoms. The number of alkyl halides is 3. The van der Waals surface area contributed by atoms with Gasteiger partial charge in [-0.3, -0.25) is 4.79 Å². The molecule has 0 saturated heterocycles. The molecule has 0 aromatic heterocycles. The quantitative estimate of drug-likeness (QED) is 0.138. The zero-order chi connectivity index (χ0) is 22.4. The predicted octanol–water partition coefficient (Wildman–Crippen LogP) is 8.92. The maximum absolute atomic E-state index is 12.3. The summed E-state index contributed by atoms with van der Waals surface area (Å²) < 4.78 is -1.74. The average Bonchev–Trinajstić information content (AvgIpc) is 2.66. The molecule has 30 heavy (non-hydrogen) atoms. The van der Waals surface area contributed by atoms with Gasteiger partial charge in [0.25, 0.3) is 0 Å². The third-order valence-corrected chi connectivity index (χ3v) is 6.07. The molecule has 8 heteroatoms. The summed E-state index contributed by atoms with van der Waals surface area (Å²) in [4.78, 5) is 12.3. The first-order valence-corrected chi connectivity index (χ1v) is 12.7. The number of amides is 1. The van der Waals surface area contributed by atoms with Crippen molar-refractivity contribution < 1.29 is 4.79 Å². The summed E-state index contributed by atoms with van der Waals surface area (Å²) in [6, 6.07) is 4.91. The predicted molar refractivity (Wildman–Crippen MR) is 133 cm³/mol. The molecule has 0 heterocycles. The number of benzene rings is 1. The molecule has 0 radical (unpaired) electrons. The van der Waals surface area contributed by atoms with Gasteiger partial charge in [0.15, 0.2) is 0 Å². The Kier molecular flexibility index (Phi) is 14.6. The highest BCUT2D eigenvalue weighted by Gasteiger charge is 2.34. The van der Waals surface area contributed by atoms with Crippen molar-refractivity contribution in [3.63, 3.8) is 0 Å². The zero-order valence-electron chi connectivity index (χ0n) is 17.6. The molecule has 0 spiro atoms. The van der Waals surface area contributed by atoms with Gasteiger partial charge in [-0.05, 0) is 24.6 Å². The summed E-state index contributed by atoms with van der Waals surface area (Å²) in [6.07, 6.45) is 13.0. The van der Waals surface area contributed by atoms with Crippen LogP contribution in [-0.4, -0.2) is 15.9 Å². The lowest BCUT2D eigenvalue weighted by molar-refractivity contribution is -0.121. The lowest BCUT2D eigenvalue weighted by Crippen LogP contribution is -2.49. The van der Waals surface area contributed by atoms with Crippen LogP contribution in [0, 0.1) is 0 Å². The summed E-state index contributed by atoms with van der Waals surface area (Å²) >= 11 is 30.2. The fourth-order valence-electron chi connectivity index (χ4n) is 3.14. The van der Waals surface area contributed by atoms with Crippen LogP contribution in [0.3, 0.4) is 0 Å². The molecule has 0 fully saturated rings. The van der Waals surface area contributed by atoms with Gasteiger partial charge < -0.3 is 10.6 Å². The van der Waals surface area contributed by atoms with Crippen LogP contribution >= 0.6 is 58.0 Å². The number of halogens is 5. The van der Waals surface area contributed by atoms with Gasteiger partial charge in [0.2, 0.25) is 9.70 Å². The van der Waals surface area contributed by atoms with E-state index in [0.717, 1.165) is 19.3 Å². The van der Waals surface area contributed by atoms with Crippen molar-refractivity contribution in [3.8, 4) is 0 Å². The second-order valence-corrected chi connectivity index (χ2v) is 10.8. The van der Waals surface area contributed by atoms with Crippen LogP contribution in [0.2, 0.25) is 10.0 Å². The molecule has 0 saturated carbocycles. The second-order valence-electron chi connectivity index (χ2n) is 7.60. The summed E-state index contributed by atoms with van der Waals surface area (Å²) in [5.41, 5.74) is 0.521. The molecule has 1 amide bonds. The van der Waals surface area contributed by atoms with Crippen molar-refractivity contribution in [2.45, 2.75) is 93.9 Å². The van der Waals surface area contributed by atoms with E-state index in [-0.39, 0.29) is 5.91 Å². The summed E-state index contributed by atoms with van der Waals surface area (Å²) in [7, 11) is 0. The minimum Gasteiger partial charge on any atom is -0.361 e. The topological polar surface area (TPSA) is 41.1 Å². The molecule has 0 unspecified atom stereocenters. The molecule has 172 valence electrons. The van der Waals surface area contributed by atoms with E-state index in [1.807, 2.05) is 0 Å². The second kappa shape index (κ2) is 15.7. The first-order valence-electron chi connectivity index (χ1n) is 10.8. The molecule has 3 nitrogen and oxygen atoms in total. The Morgan fingerprint density at radius 2 is 1.43 bits per heavy atom. The lowest BCUT2D eigenvalue weighted by atomic mass is 10.1. The number of rotatable bonds is 15. The van der Waals surface area contributed by atoms with E-state index in [4.69, 9.17) is 58.0 Å². The van der Waals surface area contributed by atoms with E-state index in [2.05, 4.69) is 17.6 Å². The highest BCUT2D eigenvalue weighted by atomic mass is 35.6. The Balaban J connectivity index is 2.26. The Morgan fingerprint density at radius 3 is 1.93 bits per heavy atom. The van der Waals surface area contributed by atoms with Crippen molar-refractivity contribution in [2.24, 2.45) is 0 Å². The van der Waals surface area contributed by atoms with E-state index in [1.165, 1.54) is 51.4 Å². The van der Waals surface area contributed by atoms with E-state index < -0.39 is 9.96 Å². The van der Waals surface area contributed by atoms with Crippen molar-refractivity contribution >= 4 is 69.6 Å². The van der Waals surface area contributed by atoms with Gasteiger partial charge in [-0.15, -0.1) is 0 Å². The summed E-state index contributed by atoms with van der Waals surface area (Å²) in [5, 5.41) is 6.59. The number of nitrogens with one attached hydrogen (secondary N) is 2. The number of hydrogen-bond acceptors (Lipinski definition) is 2. The van der Waals surface area contributed by atoms with E-state index >= 15 is 0 Å². The zero-order valence-corrected chi connectivity index (χ0v) is 21.4. The van der Waals surface area contributed by atoms with Crippen LogP contribution in [0.4, 0.5) is 5.69 Å². The van der Waals surface area contributed by atoms with Gasteiger partial charge in [0.1, 0.15) is 6.17 Å². The molecule has 0 aliphatic rings. The van der Waals surface area contributed by atoms with Crippen LogP contribution < -0.4 is 10.6 Å². The van der Waals surface area contributed by atoms with E-state index in [0.29, 0.717) is 22.2 Å². The molecule has 0 aliphatic carbocycles. The SMILES string of the molecule is CCCCCCCCCCCCCC(=O)N[C@@H](Nc1ccc(Cl)cc1Cl)C(Cl)(Cl)Cl. The van der Waals surface area contributed by atoms with Crippen LogP contribution in [0.5, 0.6) is 0 Å². The fourth-order valence-corrected chi connectivity index (χ4v) is 3.94. The molecule has 1 aromatic carbocycles. The normalized spacial score (nSPS) is 12.6. The first-order chi connectivity index (χ1) is 14.2. The Bertz CT molecular complexity index is 622. The lowest BCUT2D eigenvalue weighted by Gasteiger charge is -2.28. The number of carbonyl (C=O) groups is 1. The minimum absolute atomic E-state index is 0.167. The molecule has 0 aliphatic heterocycles. The third kappa shape index (κ3) is 12.7. The van der Waals surface area contributed by atoms with Gasteiger partial charge >= 0.3 is 0 Å². The third-order valence-electron chi connectivity index (χ3n) is 4.87. The van der Waals surface area contributed by atoms with Gasteiger partial charge in [0, 0.05) is 11.4 Å². The monoisotopic (exact) mass is 516 g/mol. The highest BCUT2D eigenvalue weighted by molar-refractivity contribution is 6.68. The van der Waals surface area contributed by atoms with Crippen molar-refractivity contribution in [3.05, 3.63) is 28.2 Å². The fraction of sp³-hybridized carbons (Fsp3) is 0.682.